The van der Waals surface area contributed by atoms with Gasteiger partial charge in [0.15, 0.2) is 0 Å². The average molecular weight is 290 g/mol. The number of fused-ring (bicyclic) bond motifs is 1. The smallest absolute Gasteiger partial charge is 0.335 e. The van der Waals surface area contributed by atoms with Crippen molar-refractivity contribution in [2.24, 2.45) is 0 Å². The van der Waals surface area contributed by atoms with Crippen molar-refractivity contribution in [1.82, 2.24) is 4.90 Å². The number of benzene rings is 1. The molecule has 3 rings (SSSR count). The van der Waals surface area contributed by atoms with Gasteiger partial charge < -0.3 is 14.7 Å². The lowest BCUT2D eigenvalue weighted by Gasteiger charge is -2.36. The van der Waals surface area contributed by atoms with Gasteiger partial charge in [-0.2, -0.15) is 0 Å². The van der Waals surface area contributed by atoms with E-state index in [-0.39, 0.29) is 17.6 Å². The van der Waals surface area contributed by atoms with E-state index < -0.39 is 5.97 Å². The maximum absolute atomic E-state index is 12.7. The largest absolute Gasteiger partial charge is 0.478 e. The van der Waals surface area contributed by atoms with E-state index in [0.29, 0.717) is 32.7 Å². The number of hydrogen-bond donors (Lipinski definition) is 1. The molecule has 1 unspecified atom stereocenters. The lowest BCUT2D eigenvalue weighted by molar-refractivity contribution is 0.0207. The second-order valence-electron chi connectivity index (χ2n) is 5.45. The van der Waals surface area contributed by atoms with Crippen LogP contribution >= 0.6 is 0 Å². The number of ether oxygens (including phenoxy) is 1. The molecule has 2 aliphatic heterocycles. The average Bonchev–Trinajstić information content (AvgIpc) is 2.90. The fourth-order valence-corrected chi connectivity index (χ4v) is 2.90. The summed E-state index contributed by atoms with van der Waals surface area (Å²) in [4.78, 5) is 27.2. The fourth-order valence-electron chi connectivity index (χ4n) is 2.90. The molecule has 0 bridgehead atoms. The van der Waals surface area contributed by atoms with Gasteiger partial charge in [-0.05, 0) is 37.1 Å². The van der Waals surface area contributed by atoms with Crippen molar-refractivity contribution >= 4 is 17.7 Å². The number of nitrogens with zero attached hydrogens (tertiary/aromatic N) is 2. The van der Waals surface area contributed by atoms with Gasteiger partial charge >= 0.3 is 12.0 Å². The van der Waals surface area contributed by atoms with Gasteiger partial charge in [0.1, 0.15) is 0 Å². The Morgan fingerprint density at radius 2 is 2.14 bits per heavy atom. The minimum absolute atomic E-state index is 0.0207. The predicted molar refractivity (Wildman–Crippen MR) is 76.8 cm³/mol. The Balaban J connectivity index is 1.83. The van der Waals surface area contributed by atoms with Gasteiger partial charge in [0.05, 0.1) is 24.8 Å². The fraction of sp³-hybridized carbons (Fsp3) is 0.467. The summed E-state index contributed by atoms with van der Waals surface area (Å²) in [6, 6.07) is 4.99. The van der Waals surface area contributed by atoms with Gasteiger partial charge in [0.25, 0.3) is 0 Å². The molecule has 0 radical (unpaired) electrons. The van der Waals surface area contributed by atoms with Gasteiger partial charge in [-0.3, -0.25) is 4.90 Å². The van der Waals surface area contributed by atoms with Crippen LogP contribution in [0.4, 0.5) is 10.5 Å². The SMILES string of the molecule is CC1COCCN1C(=O)N1CCc2cc(C(=O)O)ccc21. The zero-order valence-electron chi connectivity index (χ0n) is 11.9. The molecular formula is C15H18N2O4. The normalized spacial score (nSPS) is 21.3. The maximum Gasteiger partial charge on any atom is 0.335 e. The zero-order chi connectivity index (χ0) is 15.0. The van der Waals surface area contributed by atoms with Crippen molar-refractivity contribution in [2.75, 3.05) is 31.2 Å². The van der Waals surface area contributed by atoms with Crippen LogP contribution in [0, 0.1) is 0 Å². The Kier molecular flexibility index (Phi) is 3.55. The second kappa shape index (κ2) is 5.37. The van der Waals surface area contributed by atoms with E-state index in [4.69, 9.17) is 9.84 Å². The van der Waals surface area contributed by atoms with E-state index >= 15 is 0 Å². The third kappa shape index (κ3) is 2.47. The molecule has 1 atom stereocenters. The summed E-state index contributed by atoms with van der Waals surface area (Å²) in [5.74, 6) is -0.940. The van der Waals surface area contributed by atoms with Crippen LogP contribution in [0.3, 0.4) is 0 Å². The lowest BCUT2D eigenvalue weighted by atomic mass is 10.1. The van der Waals surface area contributed by atoms with Crippen molar-refractivity contribution in [3.8, 4) is 0 Å². The number of carboxylic acid groups (broad SMARTS) is 1. The van der Waals surface area contributed by atoms with Crippen LogP contribution < -0.4 is 4.90 Å². The summed E-state index contributed by atoms with van der Waals surface area (Å²) in [7, 11) is 0. The minimum atomic E-state index is -0.940. The Bertz CT molecular complexity index is 587. The van der Waals surface area contributed by atoms with Gasteiger partial charge in [0, 0.05) is 18.8 Å². The molecule has 6 nitrogen and oxygen atoms in total. The first-order chi connectivity index (χ1) is 10.1. The summed E-state index contributed by atoms with van der Waals surface area (Å²) in [6.45, 7) is 4.29. The molecule has 1 fully saturated rings. The highest BCUT2D eigenvalue weighted by atomic mass is 16.5. The highest BCUT2D eigenvalue weighted by Gasteiger charge is 2.32. The molecule has 1 aromatic rings. The molecule has 0 spiro atoms. The van der Waals surface area contributed by atoms with Crippen LogP contribution in [0.25, 0.3) is 0 Å². The third-order valence-corrected chi connectivity index (χ3v) is 4.07. The van der Waals surface area contributed by atoms with E-state index in [0.717, 1.165) is 11.3 Å². The van der Waals surface area contributed by atoms with Gasteiger partial charge in [-0.15, -0.1) is 0 Å². The Morgan fingerprint density at radius 3 is 2.86 bits per heavy atom. The van der Waals surface area contributed by atoms with Gasteiger partial charge in [-0.1, -0.05) is 0 Å². The Labute approximate surface area is 122 Å². The highest BCUT2D eigenvalue weighted by molar-refractivity contribution is 5.96. The van der Waals surface area contributed by atoms with Gasteiger partial charge in [-0.25, -0.2) is 9.59 Å². The Morgan fingerprint density at radius 1 is 1.33 bits per heavy atom. The number of carboxylic acids is 1. The topological polar surface area (TPSA) is 70.1 Å². The quantitative estimate of drug-likeness (QED) is 0.852. The molecule has 1 aromatic carbocycles. The van der Waals surface area contributed by atoms with Crippen LogP contribution in [-0.2, 0) is 11.2 Å². The van der Waals surface area contributed by atoms with Crippen LogP contribution in [0.1, 0.15) is 22.8 Å². The van der Waals surface area contributed by atoms with Crippen molar-refractivity contribution in [2.45, 2.75) is 19.4 Å². The van der Waals surface area contributed by atoms with Crippen molar-refractivity contribution < 1.29 is 19.4 Å². The van der Waals surface area contributed by atoms with E-state index in [1.807, 2.05) is 11.8 Å². The number of rotatable bonds is 1. The maximum atomic E-state index is 12.7. The Hall–Kier alpha value is -2.08. The second-order valence-corrected chi connectivity index (χ2v) is 5.45. The molecule has 0 saturated carbocycles. The molecule has 0 aliphatic carbocycles. The zero-order valence-corrected chi connectivity index (χ0v) is 11.9. The molecule has 1 saturated heterocycles. The lowest BCUT2D eigenvalue weighted by Crippen LogP contribution is -2.52. The molecule has 2 heterocycles. The first-order valence-electron chi connectivity index (χ1n) is 7.10. The highest BCUT2D eigenvalue weighted by Crippen LogP contribution is 2.30. The van der Waals surface area contributed by atoms with Crippen molar-refractivity contribution in [3.05, 3.63) is 29.3 Å². The van der Waals surface area contributed by atoms with Gasteiger partial charge in [0.2, 0.25) is 0 Å². The van der Waals surface area contributed by atoms with E-state index in [1.54, 1.807) is 23.1 Å². The van der Waals surface area contributed by atoms with Crippen molar-refractivity contribution in [1.29, 1.82) is 0 Å². The molecule has 2 aliphatic rings. The first-order valence-corrected chi connectivity index (χ1v) is 7.10. The molecule has 21 heavy (non-hydrogen) atoms. The molecule has 2 amide bonds. The summed E-state index contributed by atoms with van der Waals surface area (Å²) < 4.78 is 5.36. The molecule has 112 valence electrons. The summed E-state index contributed by atoms with van der Waals surface area (Å²) in [5.41, 5.74) is 2.01. The predicted octanol–water partition coefficient (Wildman–Crippen LogP) is 1.59. The van der Waals surface area contributed by atoms with E-state index in [2.05, 4.69) is 0 Å². The summed E-state index contributed by atoms with van der Waals surface area (Å²) in [5, 5.41) is 9.03. The number of hydrogen-bond acceptors (Lipinski definition) is 3. The minimum Gasteiger partial charge on any atom is -0.478 e. The van der Waals surface area contributed by atoms with Crippen LogP contribution in [0.15, 0.2) is 18.2 Å². The third-order valence-electron chi connectivity index (χ3n) is 4.07. The van der Waals surface area contributed by atoms with E-state index in [9.17, 15) is 9.59 Å². The monoisotopic (exact) mass is 290 g/mol. The number of urea groups is 1. The number of carbonyl (C=O) groups excluding carboxylic acids is 1. The van der Waals surface area contributed by atoms with E-state index in [1.165, 1.54) is 0 Å². The summed E-state index contributed by atoms with van der Waals surface area (Å²) in [6.07, 6.45) is 0.695. The number of anilines is 1. The van der Waals surface area contributed by atoms with Crippen LogP contribution in [0.5, 0.6) is 0 Å². The van der Waals surface area contributed by atoms with Crippen LogP contribution in [-0.4, -0.2) is 54.4 Å². The van der Waals surface area contributed by atoms with Crippen molar-refractivity contribution in [3.63, 3.8) is 0 Å². The molecule has 0 aromatic heterocycles. The summed E-state index contributed by atoms with van der Waals surface area (Å²) >= 11 is 0. The first kappa shape index (κ1) is 13.9. The number of amides is 2. The molecule has 1 N–H and O–H groups in total. The standard InChI is InChI=1S/C15H18N2O4/c1-10-9-21-7-6-16(10)15(20)17-5-4-11-8-12(14(18)19)2-3-13(11)17/h2-3,8,10H,4-7,9H2,1H3,(H,18,19). The number of carbonyl (C=O) groups is 2. The molecular weight excluding hydrogens is 272 g/mol. The molecule has 6 heteroatoms. The number of aromatic carboxylic acids is 1. The number of morpholine rings is 1. The van der Waals surface area contributed by atoms with Crippen LogP contribution in [0.2, 0.25) is 0 Å².